The number of hydrogen-bond acceptors (Lipinski definition) is 7. The number of carbonyl (C=O) groups excluding carboxylic acids is 1. The fourth-order valence-corrected chi connectivity index (χ4v) is 5.95. The molecule has 1 saturated carbocycles. The number of nitrogens with zero attached hydrogens (tertiary/aromatic N) is 5. The van der Waals surface area contributed by atoms with E-state index in [0.717, 1.165) is 62.8 Å². The number of aromatic nitrogens is 2. The zero-order chi connectivity index (χ0) is 21.4. The van der Waals surface area contributed by atoms with Gasteiger partial charge in [-0.3, -0.25) is 4.90 Å². The molecule has 1 spiro atoms. The molecule has 0 N–H and O–H groups in total. The molecule has 0 radical (unpaired) electrons. The van der Waals surface area contributed by atoms with Crippen LogP contribution in [0.2, 0.25) is 0 Å². The number of halogens is 1. The summed E-state index contributed by atoms with van der Waals surface area (Å²) < 4.78 is 19.0. The first-order valence-electron chi connectivity index (χ1n) is 11.0. The van der Waals surface area contributed by atoms with Gasteiger partial charge >= 0.3 is 6.09 Å². The summed E-state index contributed by atoms with van der Waals surface area (Å²) in [5, 5.41) is 1.94. The third-order valence-corrected chi connectivity index (χ3v) is 7.51. The van der Waals surface area contributed by atoms with Crippen LogP contribution in [0, 0.1) is 11.2 Å². The Bertz CT molecular complexity index is 926. The molecule has 1 aliphatic carbocycles. The highest BCUT2D eigenvalue weighted by molar-refractivity contribution is 7.07. The Morgan fingerprint density at radius 3 is 2.81 bits per heavy atom. The highest BCUT2D eigenvalue weighted by atomic mass is 32.1. The van der Waals surface area contributed by atoms with Crippen molar-refractivity contribution in [1.29, 1.82) is 0 Å². The van der Waals surface area contributed by atoms with E-state index in [0.29, 0.717) is 12.6 Å². The maximum atomic E-state index is 13.9. The normalized spacial score (nSPS) is 23.2. The monoisotopic (exact) mass is 445 g/mol. The molecule has 4 heterocycles. The van der Waals surface area contributed by atoms with Gasteiger partial charge < -0.3 is 14.5 Å². The Morgan fingerprint density at radius 1 is 1.29 bits per heavy atom. The highest BCUT2D eigenvalue weighted by Crippen LogP contribution is 2.47. The third-order valence-electron chi connectivity index (χ3n) is 6.93. The largest absolute Gasteiger partial charge is 0.450 e. The minimum atomic E-state index is -0.334. The molecule has 0 aromatic carbocycles. The molecule has 2 saturated heterocycles. The van der Waals surface area contributed by atoms with Crippen LogP contribution in [-0.2, 0) is 4.74 Å². The van der Waals surface area contributed by atoms with Crippen molar-refractivity contribution >= 4 is 23.2 Å². The fraction of sp³-hybridized carbons (Fsp3) is 0.591. The highest BCUT2D eigenvalue weighted by Gasteiger charge is 2.51. The SMILES string of the molecule is CCOC(=O)N1CC2(CCC(N3CCN(c4ncc(F)cc4-c4cscn4)CC3)C2)C1. The van der Waals surface area contributed by atoms with E-state index < -0.39 is 0 Å². The van der Waals surface area contributed by atoms with Crippen LogP contribution in [-0.4, -0.2) is 77.8 Å². The first-order chi connectivity index (χ1) is 15.1. The van der Waals surface area contributed by atoms with Gasteiger partial charge in [-0.05, 0) is 32.3 Å². The van der Waals surface area contributed by atoms with Gasteiger partial charge in [-0.25, -0.2) is 19.2 Å². The van der Waals surface area contributed by atoms with Gasteiger partial charge in [0.1, 0.15) is 11.6 Å². The van der Waals surface area contributed by atoms with Gasteiger partial charge in [0.15, 0.2) is 0 Å². The molecular formula is C22H28FN5O2S. The van der Waals surface area contributed by atoms with Crippen LogP contribution >= 0.6 is 11.3 Å². The first-order valence-corrected chi connectivity index (χ1v) is 12.0. The lowest BCUT2D eigenvalue weighted by Crippen LogP contribution is -2.58. The van der Waals surface area contributed by atoms with Crippen LogP contribution in [0.15, 0.2) is 23.2 Å². The Hall–Kier alpha value is -2.26. The van der Waals surface area contributed by atoms with Gasteiger partial charge in [0, 0.05) is 61.7 Å². The third kappa shape index (κ3) is 4.01. The van der Waals surface area contributed by atoms with E-state index in [2.05, 4.69) is 19.8 Å². The summed E-state index contributed by atoms with van der Waals surface area (Å²) in [5.41, 5.74) is 3.60. The Labute approximate surface area is 185 Å². The molecule has 166 valence electrons. The maximum Gasteiger partial charge on any atom is 0.409 e. The van der Waals surface area contributed by atoms with Gasteiger partial charge in [0.25, 0.3) is 0 Å². The van der Waals surface area contributed by atoms with E-state index in [9.17, 15) is 9.18 Å². The van der Waals surface area contributed by atoms with Crippen LogP contribution in [0.25, 0.3) is 11.3 Å². The quantitative estimate of drug-likeness (QED) is 0.718. The van der Waals surface area contributed by atoms with E-state index in [4.69, 9.17) is 4.74 Å². The molecular weight excluding hydrogens is 417 g/mol. The second kappa shape index (κ2) is 8.35. The summed E-state index contributed by atoms with van der Waals surface area (Å²) in [4.78, 5) is 27.4. The lowest BCUT2D eigenvalue weighted by molar-refractivity contribution is -0.00294. The molecule has 31 heavy (non-hydrogen) atoms. The van der Waals surface area contributed by atoms with E-state index in [1.165, 1.54) is 36.4 Å². The van der Waals surface area contributed by atoms with Crippen molar-refractivity contribution in [2.75, 3.05) is 50.8 Å². The van der Waals surface area contributed by atoms with Crippen molar-refractivity contribution < 1.29 is 13.9 Å². The lowest BCUT2D eigenvalue weighted by Gasteiger charge is -2.48. The van der Waals surface area contributed by atoms with Gasteiger partial charge in [-0.2, -0.15) is 0 Å². The summed E-state index contributed by atoms with van der Waals surface area (Å²) in [6, 6.07) is 2.11. The molecule has 0 bridgehead atoms. The second-order valence-corrected chi connectivity index (χ2v) is 9.59. The Morgan fingerprint density at radius 2 is 2.10 bits per heavy atom. The van der Waals surface area contributed by atoms with Crippen LogP contribution < -0.4 is 4.90 Å². The van der Waals surface area contributed by atoms with Crippen LogP contribution in [0.1, 0.15) is 26.2 Å². The van der Waals surface area contributed by atoms with Crippen LogP contribution in [0.3, 0.4) is 0 Å². The standard InChI is InChI=1S/C22H28FN5O2S/c1-2-30-21(29)28-13-22(14-28)4-3-17(10-22)26-5-7-27(8-6-26)20-18(9-16(23)11-24-20)19-12-31-15-25-19/h9,11-12,15,17H,2-8,10,13-14H2,1H3. The van der Waals surface area contributed by atoms with Crippen molar-refractivity contribution in [2.45, 2.75) is 32.2 Å². The Kier molecular flexibility index (Phi) is 5.56. The molecule has 2 aliphatic heterocycles. The zero-order valence-corrected chi connectivity index (χ0v) is 18.6. The van der Waals surface area contributed by atoms with E-state index in [1.807, 2.05) is 17.2 Å². The van der Waals surface area contributed by atoms with E-state index >= 15 is 0 Å². The number of amides is 1. The Balaban J connectivity index is 1.19. The van der Waals surface area contributed by atoms with Crippen molar-refractivity contribution in [1.82, 2.24) is 19.8 Å². The maximum absolute atomic E-state index is 13.9. The second-order valence-electron chi connectivity index (χ2n) is 8.87. The molecule has 7 nitrogen and oxygen atoms in total. The molecule has 1 amide bonds. The summed E-state index contributed by atoms with van der Waals surface area (Å²) in [6.45, 7) is 7.62. The molecule has 9 heteroatoms. The predicted molar refractivity (Wildman–Crippen MR) is 118 cm³/mol. The molecule has 2 aromatic rings. The molecule has 1 atom stereocenters. The lowest BCUT2D eigenvalue weighted by atomic mass is 9.78. The number of pyridine rings is 1. The number of ether oxygens (including phenoxy) is 1. The van der Waals surface area contributed by atoms with Crippen molar-refractivity contribution in [3.8, 4) is 11.3 Å². The topological polar surface area (TPSA) is 61.8 Å². The average molecular weight is 446 g/mol. The van der Waals surface area contributed by atoms with Crippen molar-refractivity contribution in [3.63, 3.8) is 0 Å². The fourth-order valence-electron chi connectivity index (χ4n) is 5.40. The summed E-state index contributed by atoms with van der Waals surface area (Å²) >= 11 is 1.50. The smallest absolute Gasteiger partial charge is 0.409 e. The molecule has 3 aliphatic rings. The average Bonchev–Trinajstić information content (AvgIpc) is 3.43. The summed E-state index contributed by atoms with van der Waals surface area (Å²) in [5.74, 6) is 0.484. The molecule has 3 fully saturated rings. The van der Waals surface area contributed by atoms with Crippen LogP contribution in [0.5, 0.6) is 0 Å². The number of likely N-dealkylation sites (tertiary alicyclic amines) is 1. The predicted octanol–water partition coefficient (Wildman–Crippen LogP) is 3.48. The molecule has 1 unspecified atom stereocenters. The number of rotatable bonds is 4. The minimum Gasteiger partial charge on any atom is -0.450 e. The van der Waals surface area contributed by atoms with Crippen molar-refractivity contribution in [2.24, 2.45) is 5.41 Å². The number of carbonyl (C=O) groups is 1. The zero-order valence-electron chi connectivity index (χ0n) is 17.8. The first kappa shape index (κ1) is 20.6. The minimum absolute atomic E-state index is 0.173. The number of anilines is 1. The number of hydrogen-bond donors (Lipinski definition) is 0. The van der Waals surface area contributed by atoms with Gasteiger partial charge in [0.2, 0.25) is 0 Å². The van der Waals surface area contributed by atoms with E-state index in [-0.39, 0.29) is 17.3 Å². The van der Waals surface area contributed by atoms with Crippen LogP contribution in [0.4, 0.5) is 15.0 Å². The van der Waals surface area contributed by atoms with Gasteiger partial charge in [-0.1, -0.05) is 0 Å². The number of thiazole rings is 1. The summed E-state index contributed by atoms with van der Waals surface area (Å²) in [6.07, 6.45) is 4.65. The van der Waals surface area contributed by atoms with Crippen molar-refractivity contribution in [3.05, 3.63) is 29.0 Å². The number of piperazine rings is 1. The van der Waals surface area contributed by atoms with Gasteiger partial charge in [-0.15, -0.1) is 11.3 Å². The molecule has 5 rings (SSSR count). The van der Waals surface area contributed by atoms with Gasteiger partial charge in [0.05, 0.1) is 24.0 Å². The summed E-state index contributed by atoms with van der Waals surface area (Å²) in [7, 11) is 0. The van der Waals surface area contributed by atoms with E-state index in [1.54, 1.807) is 5.51 Å². The molecule has 2 aromatic heterocycles.